The van der Waals surface area contributed by atoms with E-state index < -0.39 is 22.6 Å². The molecule has 11 heteroatoms. The predicted octanol–water partition coefficient (Wildman–Crippen LogP) is 4.81. The number of pyridine rings is 1. The summed E-state index contributed by atoms with van der Waals surface area (Å²) in [4.78, 5) is 26.1. The van der Waals surface area contributed by atoms with E-state index in [4.69, 9.17) is 5.26 Å². The van der Waals surface area contributed by atoms with Crippen LogP contribution in [0.3, 0.4) is 0 Å². The Morgan fingerprint density at radius 2 is 1.81 bits per heavy atom. The van der Waals surface area contributed by atoms with Crippen LogP contribution < -0.4 is 10.6 Å². The lowest BCUT2D eigenvalue weighted by atomic mass is 10.1. The highest BCUT2D eigenvalue weighted by Gasteiger charge is 2.34. The lowest BCUT2D eigenvalue weighted by Gasteiger charge is -2.16. The normalized spacial score (nSPS) is 10.8. The van der Waals surface area contributed by atoms with Crippen LogP contribution in [0, 0.1) is 21.4 Å². The zero-order valence-electron chi connectivity index (χ0n) is 16.2. The minimum atomic E-state index is -4.72. The van der Waals surface area contributed by atoms with Gasteiger partial charge >= 0.3 is 6.18 Å². The largest absolute Gasteiger partial charge is 0.419 e. The maximum absolute atomic E-state index is 13.4. The van der Waals surface area contributed by atoms with Crippen molar-refractivity contribution in [2.45, 2.75) is 12.6 Å². The van der Waals surface area contributed by atoms with E-state index in [2.05, 4.69) is 15.6 Å². The van der Waals surface area contributed by atoms with Crippen molar-refractivity contribution in [2.75, 3.05) is 10.6 Å². The number of non-ortho nitro benzene ring substituents is 1. The zero-order valence-corrected chi connectivity index (χ0v) is 16.2. The zero-order chi connectivity index (χ0) is 23.3. The second kappa shape index (κ2) is 9.13. The first-order valence-electron chi connectivity index (χ1n) is 9.04. The van der Waals surface area contributed by atoms with Crippen LogP contribution in [0.2, 0.25) is 0 Å². The number of hydrogen-bond acceptors (Lipinski definition) is 6. The summed E-state index contributed by atoms with van der Waals surface area (Å²) < 4.78 is 40.3. The minimum Gasteiger partial charge on any atom is -0.354 e. The first-order valence-corrected chi connectivity index (χ1v) is 9.04. The molecule has 8 nitrogen and oxygen atoms in total. The number of nitrogens with one attached hydrogen (secondary N) is 2. The van der Waals surface area contributed by atoms with Crippen molar-refractivity contribution in [3.8, 4) is 6.07 Å². The van der Waals surface area contributed by atoms with Gasteiger partial charge in [-0.15, -0.1) is 0 Å². The predicted molar refractivity (Wildman–Crippen MR) is 109 cm³/mol. The van der Waals surface area contributed by atoms with E-state index in [1.54, 1.807) is 12.1 Å². The molecular formula is C21H14F3N5O3. The number of nitro benzene ring substituents is 1. The van der Waals surface area contributed by atoms with E-state index >= 15 is 0 Å². The van der Waals surface area contributed by atoms with Crippen molar-refractivity contribution in [3.63, 3.8) is 0 Å². The maximum Gasteiger partial charge on any atom is 0.419 e. The van der Waals surface area contributed by atoms with Gasteiger partial charge in [0.2, 0.25) is 5.91 Å². The summed E-state index contributed by atoms with van der Waals surface area (Å²) in [7, 11) is 0. The van der Waals surface area contributed by atoms with Gasteiger partial charge in [-0.1, -0.05) is 24.3 Å². The summed E-state index contributed by atoms with van der Waals surface area (Å²) in [6, 6.07) is 14.2. The summed E-state index contributed by atoms with van der Waals surface area (Å²) in [6.07, 6.45) is -4.31. The third-order valence-electron chi connectivity index (χ3n) is 4.31. The molecule has 32 heavy (non-hydrogen) atoms. The molecule has 0 unspecified atom stereocenters. The third-order valence-corrected chi connectivity index (χ3v) is 4.31. The number of nitriles is 1. The summed E-state index contributed by atoms with van der Waals surface area (Å²) in [5, 5.41) is 24.8. The fraction of sp³-hybridized carbons (Fsp3) is 0.0952. The van der Waals surface area contributed by atoms with E-state index in [1.807, 2.05) is 6.07 Å². The molecule has 2 N–H and O–H groups in total. The Balaban J connectivity index is 1.83. The molecule has 0 fully saturated rings. The second-order valence-corrected chi connectivity index (χ2v) is 6.54. The first-order chi connectivity index (χ1) is 15.2. The topological polar surface area (TPSA) is 121 Å². The van der Waals surface area contributed by atoms with Gasteiger partial charge in [-0.05, 0) is 17.7 Å². The van der Waals surface area contributed by atoms with Crippen LogP contribution >= 0.6 is 0 Å². The van der Waals surface area contributed by atoms with Gasteiger partial charge in [-0.2, -0.15) is 18.4 Å². The van der Waals surface area contributed by atoms with E-state index in [-0.39, 0.29) is 34.9 Å². The van der Waals surface area contributed by atoms with Gasteiger partial charge < -0.3 is 10.6 Å². The Morgan fingerprint density at radius 1 is 1.12 bits per heavy atom. The highest BCUT2D eigenvalue weighted by atomic mass is 19.4. The lowest BCUT2D eigenvalue weighted by Crippen LogP contribution is -2.17. The summed E-state index contributed by atoms with van der Waals surface area (Å²) >= 11 is 0. The third kappa shape index (κ3) is 5.37. The Bertz CT molecular complexity index is 1200. The number of carbonyl (C=O) groups is 1. The van der Waals surface area contributed by atoms with Crippen LogP contribution in [0.4, 0.5) is 36.1 Å². The van der Waals surface area contributed by atoms with Crippen LogP contribution in [0.25, 0.3) is 0 Å². The number of nitrogens with zero attached hydrogens (tertiary/aromatic N) is 3. The van der Waals surface area contributed by atoms with Gasteiger partial charge in [-0.25, -0.2) is 4.98 Å². The van der Waals surface area contributed by atoms with Gasteiger partial charge in [0, 0.05) is 24.4 Å². The average Bonchev–Trinajstić information content (AvgIpc) is 2.73. The molecule has 3 aromatic rings. The Morgan fingerprint density at radius 3 is 2.44 bits per heavy atom. The van der Waals surface area contributed by atoms with Crippen molar-refractivity contribution in [3.05, 3.63) is 87.6 Å². The van der Waals surface area contributed by atoms with Crippen molar-refractivity contribution < 1.29 is 22.9 Å². The molecule has 1 aromatic heterocycles. The van der Waals surface area contributed by atoms with Crippen LogP contribution in [-0.2, 0) is 17.4 Å². The van der Waals surface area contributed by atoms with Gasteiger partial charge in [0.05, 0.1) is 33.8 Å². The summed E-state index contributed by atoms with van der Waals surface area (Å²) in [5.74, 6) is -0.712. The molecule has 0 aliphatic heterocycles. The van der Waals surface area contributed by atoms with Gasteiger partial charge in [0.25, 0.3) is 5.69 Å². The molecule has 162 valence electrons. The number of halogens is 3. The molecule has 0 bridgehead atoms. The van der Waals surface area contributed by atoms with E-state index in [0.717, 1.165) is 6.07 Å². The average molecular weight is 441 g/mol. The number of nitro groups is 1. The number of carbonyl (C=O) groups excluding carboxylic acids is 1. The SMILES string of the molecule is N#Cc1ccccc1Nc1cc(NC(=O)Cc2ccc([N+](=O)[O-])cc2)ncc1C(F)(F)F. The molecule has 2 aromatic carbocycles. The van der Waals surface area contributed by atoms with E-state index in [1.165, 1.54) is 36.4 Å². The summed E-state index contributed by atoms with van der Waals surface area (Å²) in [6.45, 7) is 0. The van der Waals surface area contributed by atoms with E-state index in [9.17, 15) is 28.1 Å². The molecule has 0 aliphatic carbocycles. The van der Waals surface area contributed by atoms with Crippen molar-refractivity contribution in [1.29, 1.82) is 5.26 Å². The standard InChI is InChI=1S/C21H14F3N5O3/c22-21(23,24)16-12-26-19(10-18(16)27-17-4-2-1-3-14(17)11-25)28-20(30)9-13-5-7-15(8-6-13)29(31)32/h1-8,10,12H,9H2,(H2,26,27,28,30). The lowest BCUT2D eigenvalue weighted by molar-refractivity contribution is -0.384. The van der Waals surface area contributed by atoms with Crippen LogP contribution in [0.15, 0.2) is 60.8 Å². The van der Waals surface area contributed by atoms with Crippen molar-refractivity contribution in [2.24, 2.45) is 0 Å². The number of benzene rings is 2. The second-order valence-electron chi connectivity index (χ2n) is 6.54. The molecule has 0 spiro atoms. The Hall–Kier alpha value is -4.46. The molecule has 0 aliphatic rings. The van der Waals surface area contributed by atoms with Crippen LogP contribution in [-0.4, -0.2) is 15.8 Å². The number of anilines is 3. The van der Waals surface area contributed by atoms with Crippen molar-refractivity contribution >= 4 is 28.8 Å². The monoisotopic (exact) mass is 441 g/mol. The minimum absolute atomic E-state index is 0.132. The molecule has 0 radical (unpaired) electrons. The molecule has 1 amide bonds. The molecule has 1 heterocycles. The van der Waals surface area contributed by atoms with Crippen LogP contribution in [0.1, 0.15) is 16.7 Å². The van der Waals surface area contributed by atoms with Crippen molar-refractivity contribution in [1.82, 2.24) is 4.98 Å². The number of para-hydroxylation sites is 1. The number of rotatable bonds is 6. The maximum atomic E-state index is 13.4. The molecule has 3 rings (SSSR count). The number of hydrogen-bond donors (Lipinski definition) is 2. The quantitative estimate of drug-likeness (QED) is 0.419. The van der Waals surface area contributed by atoms with Gasteiger partial charge in [-0.3, -0.25) is 14.9 Å². The number of amides is 1. The highest BCUT2D eigenvalue weighted by molar-refractivity contribution is 5.92. The van der Waals surface area contributed by atoms with E-state index in [0.29, 0.717) is 11.8 Å². The smallest absolute Gasteiger partial charge is 0.354 e. The number of alkyl halides is 3. The first kappa shape index (κ1) is 22.2. The highest BCUT2D eigenvalue weighted by Crippen LogP contribution is 2.37. The fourth-order valence-corrected chi connectivity index (χ4v) is 2.80. The molecule has 0 atom stereocenters. The summed E-state index contributed by atoms with van der Waals surface area (Å²) in [5.41, 5.74) is -0.816. The molecular weight excluding hydrogens is 427 g/mol. The Kier molecular flexibility index (Phi) is 6.34. The van der Waals surface area contributed by atoms with Gasteiger partial charge in [0.1, 0.15) is 11.9 Å². The Labute approximate surface area is 179 Å². The molecule has 0 saturated carbocycles. The molecule has 0 saturated heterocycles. The number of aromatic nitrogens is 1. The van der Waals surface area contributed by atoms with Gasteiger partial charge in [0.15, 0.2) is 0 Å². The fourth-order valence-electron chi connectivity index (χ4n) is 2.80. The van der Waals surface area contributed by atoms with Crippen LogP contribution in [0.5, 0.6) is 0 Å².